The molecular weight excluding hydrogens is 1040 g/mol. The molecule has 86 heavy (non-hydrogen) atoms. The molecule has 0 aliphatic heterocycles. The van der Waals surface area contributed by atoms with Crippen LogP contribution in [-0.4, -0.2) is 14.2 Å². The van der Waals surface area contributed by atoms with Gasteiger partial charge in [0, 0.05) is 0 Å². The molecule has 9 rings (SSSR count). The number of aryl methyl sites for hydroxylation is 1. The first-order chi connectivity index (χ1) is 40.9. The van der Waals surface area contributed by atoms with Gasteiger partial charge in [0.05, 0.1) is 25.9 Å². The Balaban J connectivity index is 0.000000264. The van der Waals surface area contributed by atoms with Crippen molar-refractivity contribution in [3.8, 4) is 39.8 Å². The molecule has 0 amide bonds. The van der Waals surface area contributed by atoms with Crippen molar-refractivity contribution in [1.82, 2.24) is 0 Å². The quantitative estimate of drug-likeness (QED) is 0.130. The zero-order valence-corrected chi connectivity index (χ0v) is 56.2. The number of ether oxygens (including phenoxy) is 2. The largest absolute Gasteiger partial charge is 0.497 e. The van der Waals surface area contributed by atoms with Gasteiger partial charge in [0.1, 0.15) is 11.5 Å². The Morgan fingerprint density at radius 3 is 1.00 bits per heavy atom. The van der Waals surface area contributed by atoms with E-state index in [1.54, 1.807) is 14.2 Å². The van der Waals surface area contributed by atoms with Gasteiger partial charge in [-0.05, 0) is 162 Å². The fourth-order valence-electron chi connectivity index (χ4n) is 8.76. The highest BCUT2D eigenvalue weighted by Gasteiger charge is 2.13. The zero-order chi connectivity index (χ0) is 63.8. The minimum Gasteiger partial charge on any atom is -0.497 e. The van der Waals surface area contributed by atoms with Gasteiger partial charge in [0.15, 0.2) is 0 Å². The van der Waals surface area contributed by atoms with Crippen LogP contribution in [0.3, 0.4) is 0 Å². The Morgan fingerprint density at radius 2 is 0.628 bits per heavy atom. The first-order valence-corrected chi connectivity index (χ1v) is 31.1. The Morgan fingerprint density at radius 1 is 0.302 bits per heavy atom. The second-order valence-electron chi connectivity index (χ2n) is 25.1. The van der Waals surface area contributed by atoms with Gasteiger partial charge < -0.3 is 9.47 Å². The molecule has 0 unspecified atom stereocenters. The number of hydrogen-bond acceptors (Lipinski definition) is 3. The van der Waals surface area contributed by atoms with Crippen molar-refractivity contribution in [2.24, 2.45) is 0 Å². The van der Waals surface area contributed by atoms with Gasteiger partial charge in [-0.25, -0.2) is 0 Å². The second-order valence-corrected chi connectivity index (χ2v) is 25.1. The molecule has 0 bridgehead atoms. The maximum absolute atomic E-state index is 8.52. The fraction of sp³-hybridized carbons (Fsp3) is 0.337. The fourth-order valence-corrected chi connectivity index (χ4v) is 8.76. The summed E-state index contributed by atoms with van der Waals surface area (Å²) in [5, 5.41) is 8.52. The summed E-state index contributed by atoms with van der Waals surface area (Å²) in [5.41, 5.74) is 18.5. The molecule has 0 fully saturated rings. The zero-order valence-electron chi connectivity index (χ0n) is 56.2. The third kappa shape index (κ3) is 27.0. The van der Waals surface area contributed by atoms with Gasteiger partial charge in [0.25, 0.3) is 0 Å². The summed E-state index contributed by atoms with van der Waals surface area (Å²) in [6, 6.07) is 82.4. The van der Waals surface area contributed by atoms with Crippen molar-refractivity contribution >= 4 is 0 Å². The topological polar surface area (TPSA) is 42.2 Å². The van der Waals surface area contributed by atoms with Crippen molar-refractivity contribution < 1.29 is 9.47 Å². The molecule has 3 heteroatoms. The van der Waals surface area contributed by atoms with Gasteiger partial charge in [-0.15, -0.1) is 0 Å². The van der Waals surface area contributed by atoms with E-state index in [0.29, 0.717) is 41.4 Å². The molecule has 0 N–H and O–H groups in total. The van der Waals surface area contributed by atoms with E-state index in [9.17, 15) is 0 Å². The first kappa shape index (κ1) is 72.3. The number of methoxy groups -OCH3 is 2. The lowest BCUT2D eigenvalue weighted by Gasteiger charge is -2.19. The predicted molar refractivity (Wildman–Crippen MR) is 376 cm³/mol. The van der Waals surface area contributed by atoms with E-state index in [1.165, 1.54) is 72.3 Å². The molecule has 0 saturated carbocycles. The average Bonchev–Trinajstić information content (AvgIpc) is 3.73. The van der Waals surface area contributed by atoms with E-state index in [0.717, 1.165) is 17.1 Å². The van der Waals surface area contributed by atoms with E-state index < -0.39 is 0 Å². The lowest BCUT2D eigenvalue weighted by Crippen LogP contribution is -2.10. The molecule has 454 valence electrons. The summed E-state index contributed by atoms with van der Waals surface area (Å²) in [6.45, 7) is 39.6. The standard InChI is InChI=1S/2C15H16.C13H20.C11H16O.C10H11N.C10H14O.C9H12/c1-12(2)14-9-6-10-15(11-14)13-7-4-3-5-8-13;1-12(2)13-8-10-15(11-9-13)14-6-4-3-5-7-14;1-10(2)11-6-8-12(9-7-11)13(3,4)5;1-8(2)10-5-9(3)6-11(7-10)12-4;1-8(2)10-5-3-9(7-11)4-6-10;1-8(2)9-4-6-10(11-3)7-5-9;1-8(2)9-6-4-3-5-7-9/h2*3-12H,1-2H3;6-10H,1-5H3;5-8H,1-4H3;3-6,8H,1-2H3;4-8H,1-3H3;3-8H,1-2H3. The van der Waals surface area contributed by atoms with E-state index in [2.05, 4.69) is 307 Å². The van der Waals surface area contributed by atoms with Crippen molar-refractivity contribution in [1.29, 1.82) is 5.26 Å². The van der Waals surface area contributed by atoms with Gasteiger partial charge in [-0.3, -0.25) is 0 Å². The minimum atomic E-state index is 0.273. The van der Waals surface area contributed by atoms with E-state index >= 15 is 0 Å². The lowest BCUT2D eigenvalue weighted by atomic mass is 9.86. The van der Waals surface area contributed by atoms with Crippen LogP contribution in [0, 0.1) is 18.3 Å². The molecular formula is C83H105NO2. The molecule has 3 nitrogen and oxygen atoms in total. The van der Waals surface area contributed by atoms with Gasteiger partial charge >= 0.3 is 0 Å². The van der Waals surface area contributed by atoms with Gasteiger partial charge in [0.2, 0.25) is 0 Å². The van der Waals surface area contributed by atoms with Crippen LogP contribution in [0.2, 0.25) is 0 Å². The van der Waals surface area contributed by atoms with Crippen molar-refractivity contribution in [3.05, 3.63) is 286 Å². The minimum absolute atomic E-state index is 0.273. The maximum Gasteiger partial charge on any atom is 0.119 e. The molecule has 9 aromatic rings. The van der Waals surface area contributed by atoms with E-state index in [1.807, 2.05) is 54.6 Å². The van der Waals surface area contributed by atoms with Crippen LogP contribution >= 0.6 is 0 Å². The third-order valence-electron chi connectivity index (χ3n) is 14.7. The Bertz CT molecular complexity index is 3250. The van der Waals surface area contributed by atoms with Crippen LogP contribution < -0.4 is 9.47 Å². The van der Waals surface area contributed by atoms with Crippen LogP contribution in [-0.2, 0) is 5.41 Å². The normalized spacial score (nSPS) is 10.6. The van der Waals surface area contributed by atoms with Crippen molar-refractivity contribution in [3.63, 3.8) is 0 Å². The lowest BCUT2D eigenvalue weighted by molar-refractivity contribution is 0.413. The van der Waals surface area contributed by atoms with Crippen LogP contribution in [0.1, 0.15) is 215 Å². The van der Waals surface area contributed by atoms with Gasteiger partial charge in [-0.1, -0.05) is 312 Å². The molecule has 0 aliphatic carbocycles. The summed E-state index contributed by atoms with van der Waals surface area (Å²) in [4.78, 5) is 0. The maximum atomic E-state index is 8.52. The summed E-state index contributed by atoms with van der Waals surface area (Å²) in [7, 11) is 3.39. The molecule has 0 saturated heterocycles. The van der Waals surface area contributed by atoms with Crippen LogP contribution in [0.5, 0.6) is 11.5 Å². The average molecular weight is 1150 g/mol. The Hall–Kier alpha value is -7.93. The molecule has 0 aromatic heterocycles. The second kappa shape index (κ2) is 38.2. The van der Waals surface area contributed by atoms with E-state index in [-0.39, 0.29) is 5.41 Å². The summed E-state index contributed by atoms with van der Waals surface area (Å²) in [5.74, 6) is 6.08. The van der Waals surface area contributed by atoms with Crippen LogP contribution in [0.4, 0.5) is 0 Å². The number of nitriles is 1. The summed E-state index contributed by atoms with van der Waals surface area (Å²) in [6.07, 6.45) is 0. The van der Waals surface area contributed by atoms with Crippen LogP contribution in [0.25, 0.3) is 22.3 Å². The van der Waals surface area contributed by atoms with Crippen LogP contribution in [0.15, 0.2) is 231 Å². The summed E-state index contributed by atoms with van der Waals surface area (Å²) < 4.78 is 10.2. The third-order valence-corrected chi connectivity index (χ3v) is 14.7. The van der Waals surface area contributed by atoms with Gasteiger partial charge in [-0.2, -0.15) is 5.26 Å². The van der Waals surface area contributed by atoms with Crippen molar-refractivity contribution in [2.75, 3.05) is 14.2 Å². The smallest absolute Gasteiger partial charge is 0.119 e. The molecule has 9 aromatic carbocycles. The Labute approximate surface area is 523 Å². The number of rotatable bonds is 11. The molecule has 0 spiro atoms. The van der Waals surface area contributed by atoms with Crippen molar-refractivity contribution in [2.45, 2.75) is 171 Å². The number of nitrogens with zero attached hydrogens (tertiary/aromatic N) is 1. The predicted octanol–water partition coefficient (Wildman–Crippen LogP) is 24.5. The molecule has 0 aliphatic rings. The highest BCUT2D eigenvalue weighted by molar-refractivity contribution is 5.64. The first-order valence-electron chi connectivity index (χ1n) is 31.1. The Kier molecular flexibility index (Phi) is 32.1. The highest BCUT2D eigenvalue weighted by Crippen LogP contribution is 2.27. The SMILES string of the molecule is CC(C)c1ccc(-c2ccccc2)cc1.CC(C)c1ccc(C#N)cc1.CC(C)c1ccc(C(C)(C)C)cc1.CC(C)c1cccc(-c2ccccc2)c1.CC(C)c1ccccc1.COc1cc(C)cc(C(C)C)c1.COc1ccc(C(C)C)cc1. The monoisotopic (exact) mass is 1150 g/mol. The number of hydrogen-bond donors (Lipinski definition) is 0. The molecule has 0 radical (unpaired) electrons. The number of benzene rings is 9. The molecule has 0 heterocycles. The summed E-state index contributed by atoms with van der Waals surface area (Å²) >= 11 is 0. The highest BCUT2D eigenvalue weighted by atomic mass is 16.5. The van der Waals surface area contributed by atoms with E-state index in [4.69, 9.17) is 14.7 Å². The molecule has 0 atom stereocenters.